The SMILES string of the molecule is CC1CC=C=CCC(CC2CCCC2)CC2CCC(C1)C2. The highest BCUT2D eigenvalue weighted by Crippen LogP contribution is 2.41. The highest BCUT2D eigenvalue weighted by Gasteiger charge is 2.29. The lowest BCUT2D eigenvalue weighted by Crippen LogP contribution is -2.11. The number of hydrogen-bond donors (Lipinski definition) is 0. The minimum absolute atomic E-state index is 0.864. The fourth-order valence-electron chi connectivity index (χ4n) is 5.34. The van der Waals surface area contributed by atoms with Crippen LogP contribution in [0.2, 0.25) is 0 Å². The largest absolute Gasteiger partial charge is 0.130 e. The maximum Gasteiger partial charge on any atom is -0.0246 e. The highest BCUT2D eigenvalue weighted by molar-refractivity contribution is 4.91. The second-order valence-corrected chi connectivity index (χ2v) is 8.42. The molecule has 3 rings (SSSR count). The van der Waals surface area contributed by atoms with Crippen LogP contribution in [0.15, 0.2) is 17.9 Å². The van der Waals surface area contributed by atoms with Crippen LogP contribution in [0.5, 0.6) is 0 Å². The van der Waals surface area contributed by atoms with E-state index < -0.39 is 0 Å². The fraction of sp³-hybridized carbons (Fsp3) is 0.857. The van der Waals surface area contributed by atoms with Gasteiger partial charge in [0.15, 0.2) is 0 Å². The van der Waals surface area contributed by atoms with Crippen LogP contribution in [0, 0.1) is 29.6 Å². The molecule has 2 fully saturated rings. The smallest absolute Gasteiger partial charge is 0.0246 e. The first-order valence-electron chi connectivity index (χ1n) is 9.69. The lowest BCUT2D eigenvalue weighted by molar-refractivity contribution is 0.297. The van der Waals surface area contributed by atoms with Crippen molar-refractivity contribution in [2.75, 3.05) is 0 Å². The van der Waals surface area contributed by atoms with Gasteiger partial charge in [0.1, 0.15) is 0 Å². The van der Waals surface area contributed by atoms with E-state index in [0.29, 0.717) is 0 Å². The minimum Gasteiger partial charge on any atom is -0.130 e. The molecule has 0 heteroatoms. The summed E-state index contributed by atoms with van der Waals surface area (Å²) in [6.07, 6.45) is 22.3. The quantitative estimate of drug-likeness (QED) is 0.507. The molecule has 4 atom stereocenters. The predicted molar refractivity (Wildman–Crippen MR) is 91.2 cm³/mol. The van der Waals surface area contributed by atoms with Gasteiger partial charge in [-0.1, -0.05) is 45.4 Å². The van der Waals surface area contributed by atoms with Crippen LogP contribution in [-0.2, 0) is 0 Å². The van der Waals surface area contributed by atoms with E-state index in [1.807, 2.05) is 0 Å². The van der Waals surface area contributed by atoms with Crippen LogP contribution in [0.4, 0.5) is 0 Å². The van der Waals surface area contributed by atoms with E-state index in [1.54, 1.807) is 6.42 Å². The van der Waals surface area contributed by atoms with Crippen molar-refractivity contribution in [3.8, 4) is 0 Å². The van der Waals surface area contributed by atoms with Crippen molar-refractivity contribution in [3.05, 3.63) is 17.9 Å². The van der Waals surface area contributed by atoms with Crippen molar-refractivity contribution in [1.82, 2.24) is 0 Å². The average Bonchev–Trinajstić information content (AvgIpc) is 3.09. The van der Waals surface area contributed by atoms with E-state index in [2.05, 4.69) is 24.8 Å². The van der Waals surface area contributed by atoms with Crippen LogP contribution in [0.1, 0.15) is 84.0 Å². The molecular formula is C21H34. The molecule has 0 spiro atoms. The van der Waals surface area contributed by atoms with E-state index in [9.17, 15) is 0 Å². The van der Waals surface area contributed by atoms with Gasteiger partial charge >= 0.3 is 0 Å². The summed E-state index contributed by atoms with van der Waals surface area (Å²) in [6, 6.07) is 0. The van der Waals surface area contributed by atoms with E-state index in [1.165, 1.54) is 70.6 Å². The van der Waals surface area contributed by atoms with Crippen LogP contribution >= 0.6 is 0 Å². The van der Waals surface area contributed by atoms with Gasteiger partial charge in [0.05, 0.1) is 0 Å². The van der Waals surface area contributed by atoms with Crippen molar-refractivity contribution in [3.63, 3.8) is 0 Å². The van der Waals surface area contributed by atoms with Gasteiger partial charge in [-0.3, -0.25) is 0 Å². The molecule has 0 aromatic carbocycles. The average molecular weight is 287 g/mol. The molecule has 118 valence electrons. The second-order valence-electron chi connectivity index (χ2n) is 8.42. The molecule has 3 aliphatic rings. The summed E-state index contributed by atoms with van der Waals surface area (Å²) in [5, 5.41) is 0. The number of fused-ring (bicyclic) bond motifs is 2. The fourth-order valence-corrected chi connectivity index (χ4v) is 5.34. The third kappa shape index (κ3) is 4.75. The zero-order valence-electron chi connectivity index (χ0n) is 14.0. The molecule has 2 bridgehead atoms. The Hall–Kier alpha value is -0.480. The van der Waals surface area contributed by atoms with E-state index >= 15 is 0 Å². The van der Waals surface area contributed by atoms with E-state index in [0.717, 1.165) is 29.6 Å². The number of rotatable bonds is 2. The van der Waals surface area contributed by atoms with E-state index in [4.69, 9.17) is 0 Å². The van der Waals surface area contributed by atoms with Crippen LogP contribution in [0.25, 0.3) is 0 Å². The summed E-state index contributed by atoms with van der Waals surface area (Å²) in [5.41, 5.74) is 3.49. The van der Waals surface area contributed by atoms with Crippen molar-refractivity contribution in [2.45, 2.75) is 84.0 Å². The second kappa shape index (κ2) is 7.68. The van der Waals surface area contributed by atoms with Gasteiger partial charge in [0, 0.05) is 0 Å². The normalized spacial score (nSPS) is 38.3. The van der Waals surface area contributed by atoms with Gasteiger partial charge in [-0.25, -0.2) is 0 Å². The maximum atomic E-state index is 3.49. The van der Waals surface area contributed by atoms with Crippen LogP contribution in [0.3, 0.4) is 0 Å². The maximum absolute atomic E-state index is 3.49. The van der Waals surface area contributed by atoms with Gasteiger partial charge in [-0.05, 0) is 80.3 Å². The van der Waals surface area contributed by atoms with Crippen molar-refractivity contribution in [1.29, 1.82) is 0 Å². The Morgan fingerprint density at radius 1 is 0.810 bits per heavy atom. The zero-order valence-corrected chi connectivity index (χ0v) is 14.0. The lowest BCUT2D eigenvalue weighted by atomic mass is 9.82. The predicted octanol–water partition coefficient (Wildman–Crippen LogP) is 6.52. The number of hydrogen-bond acceptors (Lipinski definition) is 0. The zero-order chi connectivity index (χ0) is 14.5. The molecule has 3 aliphatic carbocycles. The van der Waals surface area contributed by atoms with Crippen molar-refractivity contribution < 1.29 is 0 Å². The molecule has 0 radical (unpaired) electrons. The van der Waals surface area contributed by atoms with Crippen molar-refractivity contribution >= 4 is 0 Å². The van der Waals surface area contributed by atoms with Crippen LogP contribution in [-0.4, -0.2) is 0 Å². The molecule has 0 aromatic heterocycles. The molecular weight excluding hydrogens is 252 g/mol. The van der Waals surface area contributed by atoms with Gasteiger partial charge in [0.2, 0.25) is 0 Å². The Balaban J connectivity index is 1.62. The molecule has 0 aliphatic heterocycles. The topological polar surface area (TPSA) is 0 Å². The molecule has 0 nitrogen and oxygen atoms in total. The highest BCUT2D eigenvalue weighted by atomic mass is 14.3. The molecule has 4 unspecified atom stereocenters. The molecule has 0 heterocycles. The van der Waals surface area contributed by atoms with Crippen molar-refractivity contribution in [2.24, 2.45) is 29.6 Å². The summed E-state index contributed by atoms with van der Waals surface area (Å²) >= 11 is 0. The first kappa shape index (κ1) is 15.4. The third-order valence-electron chi connectivity index (χ3n) is 6.40. The summed E-state index contributed by atoms with van der Waals surface area (Å²) < 4.78 is 0. The Morgan fingerprint density at radius 3 is 2.33 bits per heavy atom. The third-order valence-corrected chi connectivity index (χ3v) is 6.40. The Morgan fingerprint density at radius 2 is 1.52 bits per heavy atom. The summed E-state index contributed by atoms with van der Waals surface area (Å²) in [7, 11) is 0. The molecule has 0 N–H and O–H groups in total. The molecule has 0 saturated heterocycles. The Kier molecular flexibility index (Phi) is 5.64. The molecule has 21 heavy (non-hydrogen) atoms. The lowest BCUT2D eigenvalue weighted by Gasteiger charge is -2.23. The Bertz CT molecular complexity index is 367. The standard InChI is InChI=1S/C21H34/c1-17-7-3-2-4-10-19(14-18-8-5-6-9-18)15-21-12-11-20(13-17)16-21/h3-4,17-21H,5-16H2,1H3. The van der Waals surface area contributed by atoms with Crippen LogP contribution < -0.4 is 0 Å². The molecule has 0 aromatic rings. The molecule has 0 amide bonds. The molecule has 2 saturated carbocycles. The summed E-state index contributed by atoms with van der Waals surface area (Å²) in [4.78, 5) is 0. The first-order valence-corrected chi connectivity index (χ1v) is 9.69. The van der Waals surface area contributed by atoms with Gasteiger partial charge in [0.25, 0.3) is 0 Å². The first-order chi connectivity index (χ1) is 10.3. The monoisotopic (exact) mass is 286 g/mol. The number of allylic oxidation sites excluding steroid dienone is 1. The van der Waals surface area contributed by atoms with Gasteiger partial charge < -0.3 is 0 Å². The Labute approximate surface area is 132 Å². The van der Waals surface area contributed by atoms with Gasteiger partial charge in [-0.15, -0.1) is 5.73 Å². The minimum atomic E-state index is 0.864. The summed E-state index contributed by atoms with van der Waals surface area (Å²) in [5.74, 6) is 4.95. The summed E-state index contributed by atoms with van der Waals surface area (Å²) in [6.45, 7) is 2.43. The van der Waals surface area contributed by atoms with E-state index in [-0.39, 0.29) is 0 Å². The van der Waals surface area contributed by atoms with Gasteiger partial charge in [-0.2, -0.15) is 0 Å².